The normalized spacial score (nSPS) is 13.5. The molecule has 8 nitrogen and oxygen atoms in total. The van der Waals surface area contributed by atoms with Gasteiger partial charge in [0, 0.05) is 23.2 Å². The van der Waals surface area contributed by atoms with Gasteiger partial charge in [-0.25, -0.2) is 9.98 Å². The van der Waals surface area contributed by atoms with Gasteiger partial charge in [-0.1, -0.05) is 24.3 Å². The highest BCUT2D eigenvalue weighted by atomic mass is 16.5. The van der Waals surface area contributed by atoms with E-state index in [9.17, 15) is 5.21 Å². The molecule has 0 saturated heterocycles. The summed E-state index contributed by atoms with van der Waals surface area (Å²) in [5.41, 5.74) is 2.76. The summed E-state index contributed by atoms with van der Waals surface area (Å²) in [4.78, 5) is 9.30. The Morgan fingerprint density at radius 1 is 0.967 bits per heavy atom. The Bertz CT molecular complexity index is 1120. The summed E-state index contributed by atoms with van der Waals surface area (Å²) in [5.74, 6) is 2.08. The molecular formula is C22H22N4O4. The Kier molecular flexibility index (Phi) is 5.40. The van der Waals surface area contributed by atoms with Crippen LogP contribution in [0.15, 0.2) is 59.7 Å². The third-order valence-corrected chi connectivity index (χ3v) is 4.65. The second-order valence-corrected chi connectivity index (χ2v) is 6.60. The number of pyridine rings is 1. The van der Waals surface area contributed by atoms with Gasteiger partial charge in [0.2, 0.25) is 5.75 Å². The lowest BCUT2D eigenvalue weighted by Gasteiger charge is -2.22. The number of methoxy groups -OCH3 is 3. The zero-order valence-electron chi connectivity index (χ0n) is 16.9. The maximum absolute atomic E-state index is 10.2. The molecule has 0 bridgehead atoms. The molecule has 0 radical (unpaired) electrons. The molecular weight excluding hydrogens is 384 g/mol. The van der Waals surface area contributed by atoms with Crippen LogP contribution in [0.3, 0.4) is 0 Å². The minimum atomic E-state index is 0.188. The van der Waals surface area contributed by atoms with Gasteiger partial charge in [-0.3, -0.25) is 10.3 Å². The molecule has 3 aromatic rings. The standard InChI is InChI=1S/C22H22N4O4/c1-28-19-10-15(11-20(29-2)22(19)30-3)23-21-13-26(27)12-18(25-21)17-9-8-14-6-4-5-7-16(14)24-17/h4-12,27H,13H2,1-3H3,(H,23,25). The Hall–Kier alpha value is -3.78. The van der Waals surface area contributed by atoms with Crippen LogP contribution in [0.25, 0.3) is 16.6 Å². The number of benzene rings is 2. The van der Waals surface area contributed by atoms with Crippen LogP contribution in [0.2, 0.25) is 0 Å². The molecule has 4 rings (SSSR count). The smallest absolute Gasteiger partial charge is 0.203 e. The number of rotatable bonds is 5. The SMILES string of the molecule is COc1cc(NC2=NC(c3ccc4ccccc4n3)=CN(O)C2)cc(OC)c1OC. The van der Waals surface area contributed by atoms with E-state index >= 15 is 0 Å². The zero-order valence-corrected chi connectivity index (χ0v) is 16.9. The first-order valence-electron chi connectivity index (χ1n) is 9.29. The fraction of sp³-hybridized carbons (Fsp3) is 0.182. The summed E-state index contributed by atoms with van der Waals surface area (Å²) in [7, 11) is 4.66. The third-order valence-electron chi connectivity index (χ3n) is 4.65. The Morgan fingerprint density at radius 3 is 2.40 bits per heavy atom. The topological polar surface area (TPSA) is 88.4 Å². The lowest BCUT2D eigenvalue weighted by Crippen LogP contribution is -2.30. The zero-order chi connectivity index (χ0) is 21.1. The number of ether oxygens (including phenoxy) is 3. The molecule has 1 aromatic heterocycles. The van der Waals surface area contributed by atoms with E-state index in [2.05, 4.69) is 15.3 Å². The quantitative estimate of drug-likeness (QED) is 0.667. The molecule has 0 saturated carbocycles. The number of fused-ring (bicyclic) bond motifs is 1. The van der Waals surface area contributed by atoms with E-state index in [1.807, 2.05) is 36.4 Å². The Morgan fingerprint density at radius 2 is 1.70 bits per heavy atom. The van der Waals surface area contributed by atoms with Crippen molar-refractivity contribution in [3.63, 3.8) is 0 Å². The van der Waals surface area contributed by atoms with E-state index in [0.717, 1.165) is 16.0 Å². The second-order valence-electron chi connectivity index (χ2n) is 6.60. The van der Waals surface area contributed by atoms with Crippen LogP contribution < -0.4 is 19.5 Å². The van der Waals surface area contributed by atoms with Gasteiger partial charge in [-0.15, -0.1) is 0 Å². The van der Waals surface area contributed by atoms with Crippen LogP contribution in [-0.2, 0) is 0 Å². The average Bonchev–Trinajstić information content (AvgIpc) is 2.77. The van der Waals surface area contributed by atoms with Gasteiger partial charge in [0.15, 0.2) is 11.5 Å². The van der Waals surface area contributed by atoms with Crippen LogP contribution >= 0.6 is 0 Å². The molecule has 0 amide bonds. The number of amidine groups is 1. The second kappa shape index (κ2) is 8.30. The molecule has 154 valence electrons. The summed E-state index contributed by atoms with van der Waals surface area (Å²) in [5, 5.41) is 15.5. The molecule has 1 aliphatic rings. The summed E-state index contributed by atoms with van der Waals surface area (Å²) in [6.07, 6.45) is 1.55. The molecule has 0 atom stereocenters. The third kappa shape index (κ3) is 3.85. The van der Waals surface area contributed by atoms with Crippen LogP contribution in [-0.4, -0.2) is 49.0 Å². The maximum atomic E-state index is 10.2. The Labute approximate surface area is 174 Å². The first-order valence-corrected chi connectivity index (χ1v) is 9.29. The number of anilines is 1. The molecule has 2 aromatic carbocycles. The molecule has 0 unspecified atom stereocenters. The largest absolute Gasteiger partial charge is 0.493 e. The fourth-order valence-electron chi connectivity index (χ4n) is 3.27. The van der Waals surface area contributed by atoms with Gasteiger partial charge in [0.1, 0.15) is 18.1 Å². The predicted octanol–water partition coefficient (Wildman–Crippen LogP) is 3.77. The summed E-state index contributed by atoms with van der Waals surface area (Å²) < 4.78 is 16.1. The lowest BCUT2D eigenvalue weighted by atomic mass is 10.2. The van der Waals surface area contributed by atoms with Crippen molar-refractivity contribution in [1.82, 2.24) is 10.0 Å². The van der Waals surface area contributed by atoms with E-state index in [4.69, 9.17) is 14.2 Å². The number of para-hydroxylation sites is 1. The molecule has 0 fully saturated rings. The van der Waals surface area contributed by atoms with Crippen molar-refractivity contribution in [2.45, 2.75) is 0 Å². The average molecular weight is 406 g/mol. The highest BCUT2D eigenvalue weighted by Crippen LogP contribution is 2.40. The van der Waals surface area contributed by atoms with Crippen molar-refractivity contribution in [2.75, 3.05) is 33.2 Å². The number of hydrogen-bond donors (Lipinski definition) is 2. The van der Waals surface area contributed by atoms with E-state index < -0.39 is 0 Å². The van der Waals surface area contributed by atoms with Gasteiger partial charge >= 0.3 is 0 Å². The summed E-state index contributed by atoms with van der Waals surface area (Å²) in [6, 6.07) is 15.3. The number of aliphatic imine (C=N–C) groups is 1. The van der Waals surface area contributed by atoms with Crippen LogP contribution in [0.4, 0.5) is 5.69 Å². The number of aromatic nitrogens is 1. The van der Waals surface area contributed by atoms with Gasteiger partial charge in [-0.2, -0.15) is 0 Å². The molecule has 0 spiro atoms. The number of nitrogens with one attached hydrogen (secondary N) is 1. The number of hydroxylamine groups is 2. The van der Waals surface area contributed by atoms with Crippen molar-refractivity contribution in [2.24, 2.45) is 4.99 Å². The first kappa shape index (κ1) is 19.5. The minimum absolute atomic E-state index is 0.188. The van der Waals surface area contributed by atoms with Gasteiger partial charge in [0.25, 0.3) is 0 Å². The minimum Gasteiger partial charge on any atom is -0.493 e. The Balaban J connectivity index is 1.66. The number of nitrogens with zero attached hydrogens (tertiary/aromatic N) is 3. The van der Waals surface area contributed by atoms with Gasteiger partial charge in [-0.05, 0) is 12.1 Å². The monoisotopic (exact) mass is 406 g/mol. The molecule has 2 heterocycles. The van der Waals surface area contributed by atoms with E-state index in [1.54, 1.807) is 39.7 Å². The van der Waals surface area contributed by atoms with E-state index in [0.29, 0.717) is 40.2 Å². The van der Waals surface area contributed by atoms with Crippen molar-refractivity contribution in [1.29, 1.82) is 0 Å². The van der Waals surface area contributed by atoms with Crippen molar-refractivity contribution in [3.8, 4) is 17.2 Å². The van der Waals surface area contributed by atoms with Crippen molar-refractivity contribution < 1.29 is 19.4 Å². The van der Waals surface area contributed by atoms with Crippen LogP contribution in [0, 0.1) is 0 Å². The first-order chi connectivity index (χ1) is 14.6. The van der Waals surface area contributed by atoms with Crippen molar-refractivity contribution >= 4 is 28.1 Å². The molecule has 0 aliphatic carbocycles. The molecule has 30 heavy (non-hydrogen) atoms. The maximum Gasteiger partial charge on any atom is 0.203 e. The fourth-order valence-corrected chi connectivity index (χ4v) is 3.27. The van der Waals surface area contributed by atoms with Gasteiger partial charge in [0.05, 0.1) is 38.7 Å². The van der Waals surface area contributed by atoms with E-state index in [-0.39, 0.29) is 6.54 Å². The molecule has 8 heteroatoms. The van der Waals surface area contributed by atoms with Crippen LogP contribution in [0.5, 0.6) is 17.2 Å². The van der Waals surface area contributed by atoms with Crippen molar-refractivity contribution in [3.05, 3.63) is 60.4 Å². The van der Waals surface area contributed by atoms with Crippen LogP contribution in [0.1, 0.15) is 5.69 Å². The number of hydrogen-bond acceptors (Lipinski definition) is 8. The van der Waals surface area contributed by atoms with Gasteiger partial charge < -0.3 is 19.5 Å². The predicted molar refractivity (Wildman–Crippen MR) is 115 cm³/mol. The summed E-state index contributed by atoms with van der Waals surface area (Å²) >= 11 is 0. The lowest BCUT2D eigenvalue weighted by molar-refractivity contribution is -0.0255. The molecule has 1 aliphatic heterocycles. The summed E-state index contributed by atoms with van der Waals surface area (Å²) in [6.45, 7) is 0.188. The highest BCUT2D eigenvalue weighted by Gasteiger charge is 2.18. The highest BCUT2D eigenvalue weighted by molar-refractivity contribution is 6.01. The van der Waals surface area contributed by atoms with E-state index in [1.165, 1.54) is 0 Å². The molecule has 2 N–H and O–H groups in total.